The molecule has 0 spiro atoms. The first-order valence-corrected chi connectivity index (χ1v) is 42.4. The van der Waals surface area contributed by atoms with E-state index in [9.17, 15) is 43.5 Å². The number of hydrogen-bond acceptors (Lipinski definition) is 14. The number of rotatable bonds is 73. The van der Waals surface area contributed by atoms with Gasteiger partial charge in [-0.3, -0.25) is 32.5 Å². The van der Waals surface area contributed by atoms with E-state index in [1.807, 2.05) is 0 Å². The molecule has 0 aromatic heterocycles. The lowest BCUT2D eigenvalue weighted by molar-refractivity contribution is -0.161. The highest BCUT2D eigenvalue weighted by Gasteiger charge is 2.29. The molecule has 0 aromatic rings. The van der Waals surface area contributed by atoms with E-state index in [1.165, 1.54) is 57.8 Å². The molecule has 0 fully saturated rings. The number of carbonyl (C=O) groups is 3. The van der Waals surface area contributed by atoms with E-state index in [4.69, 9.17) is 32.3 Å². The Kier molecular flexibility index (Phi) is 72.8. The summed E-state index contributed by atoms with van der Waals surface area (Å²) in [5.74, 6) is -1.64. The summed E-state index contributed by atoms with van der Waals surface area (Å²) in [6, 6.07) is 0. The van der Waals surface area contributed by atoms with Gasteiger partial charge in [0, 0.05) is 19.3 Å². The first kappa shape index (κ1) is 97.9. The fourth-order valence-corrected chi connectivity index (χ4v) is 11.5. The fourth-order valence-electron chi connectivity index (χ4n) is 9.96. The third kappa shape index (κ3) is 77.8. The molecule has 5 atom stereocenters. The van der Waals surface area contributed by atoms with Gasteiger partial charge in [0.1, 0.15) is 25.4 Å². The standard InChI is InChI=1S/C85H140O16P2/c1-4-7-10-13-16-19-22-25-28-31-33-35-36-37-38-39-40-41-42-44-46-48-50-53-56-59-62-65-68-71-83(88)95-74-80(86)75-97-102(91,92)98-76-81(87)77-99-103(93,94)100-79-82(101-85(90)73-70-67-64-61-58-55-52-47-30-27-24-21-18-15-12-9-6-3)78-96-84(89)72-69-66-63-60-57-54-51-49-45-43-34-32-29-26-23-20-17-14-11-8-5-2/h7,9-10,12,16-21,25-30,33-35,37-38,40-41,43,49,51-52,55,80-82,86-87H,4-6,8,11,13-15,22-24,31-32,36,39,42,44-48,50,53-54,56-79H2,1-3H3,(H,91,92)(H,93,94)/b10-7-,12-9-,19-16-,20-17-,21-18-,28-25-,29-26-,30-27-,35-33-,38-37-,41-40-,43-34-,51-49-,55-52-. The van der Waals surface area contributed by atoms with Crippen molar-refractivity contribution in [1.82, 2.24) is 0 Å². The third-order valence-electron chi connectivity index (χ3n) is 15.9. The van der Waals surface area contributed by atoms with E-state index in [1.54, 1.807) is 0 Å². The maximum Gasteiger partial charge on any atom is 0.472 e. The first-order chi connectivity index (χ1) is 50.2. The predicted molar refractivity (Wildman–Crippen MR) is 426 cm³/mol. The molecule has 0 saturated heterocycles. The van der Waals surface area contributed by atoms with Gasteiger partial charge < -0.3 is 34.2 Å². The van der Waals surface area contributed by atoms with E-state index in [0.29, 0.717) is 19.3 Å². The maximum absolute atomic E-state index is 13.0. The van der Waals surface area contributed by atoms with Crippen molar-refractivity contribution in [2.24, 2.45) is 0 Å². The molecule has 18 heteroatoms. The molecule has 0 aliphatic heterocycles. The van der Waals surface area contributed by atoms with E-state index in [-0.39, 0.29) is 19.3 Å². The van der Waals surface area contributed by atoms with Crippen LogP contribution >= 0.6 is 15.6 Å². The first-order valence-electron chi connectivity index (χ1n) is 39.4. The Morgan fingerprint density at radius 1 is 0.282 bits per heavy atom. The number of phosphoric ester groups is 2. The van der Waals surface area contributed by atoms with Crippen LogP contribution in [0.15, 0.2) is 170 Å². The number of esters is 3. The van der Waals surface area contributed by atoms with E-state index in [0.717, 1.165) is 173 Å². The van der Waals surface area contributed by atoms with Crippen LogP contribution in [0, 0.1) is 0 Å². The number of phosphoric acid groups is 2. The third-order valence-corrected chi connectivity index (χ3v) is 17.8. The van der Waals surface area contributed by atoms with Gasteiger partial charge in [-0.1, -0.05) is 287 Å². The SMILES string of the molecule is CC/C=C\C/C=C\C/C=C\C/C=C\C/C=C\C/C=C\CCCCCCCCCCCCC(=O)OCC(O)COP(=O)(O)OCC(O)COP(=O)(O)OCC(COC(=O)CCCCCCC/C=C\C/C=C\C/C=C\C/C=C\CCCCC)OC(=O)CCCCCC/C=C\C/C=C\C/C=C\C/C=C\CC. The van der Waals surface area contributed by atoms with Crippen molar-refractivity contribution in [1.29, 1.82) is 0 Å². The van der Waals surface area contributed by atoms with E-state index in [2.05, 4.69) is 191 Å². The zero-order valence-corrected chi connectivity index (χ0v) is 65.7. The number of aliphatic hydroxyl groups is 2. The number of allylic oxidation sites excluding steroid dienone is 28. The molecule has 16 nitrogen and oxygen atoms in total. The number of ether oxygens (including phenoxy) is 3. The number of hydrogen-bond donors (Lipinski definition) is 4. The normalized spacial score (nSPS) is 14.9. The van der Waals surface area contributed by atoms with Gasteiger partial charge in [0.05, 0.1) is 26.4 Å². The van der Waals surface area contributed by atoms with Crippen LogP contribution in [0.2, 0.25) is 0 Å². The van der Waals surface area contributed by atoms with Crippen molar-refractivity contribution in [2.45, 2.75) is 309 Å². The average Bonchev–Trinajstić information content (AvgIpc) is 0.914. The minimum absolute atomic E-state index is 0.0664. The van der Waals surface area contributed by atoms with Gasteiger partial charge in [-0.05, 0) is 154 Å². The van der Waals surface area contributed by atoms with E-state index < -0.39 is 91.5 Å². The molecule has 0 aromatic carbocycles. The molecule has 0 amide bonds. The van der Waals surface area contributed by atoms with Gasteiger partial charge in [0.15, 0.2) is 6.10 Å². The molecule has 103 heavy (non-hydrogen) atoms. The van der Waals surface area contributed by atoms with Gasteiger partial charge in [-0.2, -0.15) is 0 Å². The Bertz CT molecular complexity index is 2550. The molecule has 0 bridgehead atoms. The van der Waals surface area contributed by atoms with Crippen LogP contribution in [-0.4, -0.2) is 95.9 Å². The number of aliphatic hydroxyl groups excluding tert-OH is 2. The highest BCUT2D eigenvalue weighted by Crippen LogP contribution is 2.45. The molecule has 0 radical (unpaired) electrons. The van der Waals surface area contributed by atoms with Crippen LogP contribution in [-0.2, 0) is 55.8 Å². The highest BCUT2D eigenvalue weighted by molar-refractivity contribution is 7.47. The number of unbranched alkanes of at least 4 members (excludes halogenated alkanes) is 22. The summed E-state index contributed by atoms with van der Waals surface area (Å²) in [5.41, 5.74) is 0. The summed E-state index contributed by atoms with van der Waals surface area (Å²) < 4.78 is 61.1. The second-order valence-corrected chi connectivity index (χ2v) is 28.7. The van der Waals surface area contributed by atoms with Crippen molar-refractivity contribution in [3.05, 3.63) is 170 Å². The Hall–Kier alpha value is -5.09. The molecule has 5 unspecified atom stereocenters. The molecule has 0 heterocycles. The molecule has 0 saturated carbocycles. The van der Waals surface area contributed by atoms with Crippen molar-refractivity contribution >= 4 is 33.6 Å². The summed E-state index contributed by atoms with van der Waals surface area (Å²) in [5, 5.41) is 20.6. The van der Waals surface area contributed by atoms with E-state index >= 15 is 0 Å². The Morgan fingerprint density at radius 3 is 0.816 bits per heavy atom. The zero-order valence-electron chi connectivity index (χ0n) is 63.9. The second-order valence-electron chi connectivity index (χ2n) is 25.7. The molecule has 0 aliphatic rings. The van der Waals surface area contributed by atoms with Gasteiger partial charge in [0.2, 0.25) is 0 Å². The molecular formula is C85H140O16P2. The van der Waals surface area contributed by atoms with Crippen molar-refractivity contribution in [2.75, 3.05) is 39.6 Å². The van der Waals surface area contributed by atoms with Crippen LogP contribution < -0.4 is 0 Å². The molecular weight excluding hydrogens is 1340 g/mol. The summed E-state index contributed by atoms with van der Waals surface area (Å²) in [6.45, 7) is 2.36. The average molecular weight is 1480 g/mol. The lowest BCUT2D eigenvalue weighted by Gasteiger charge is -2.21. The van der Waals surface area contributed by atoms with Crippen LogP contribution in [0.1, 0.15) is 290 Å². The van der Waals surface area contributed by atoms with Crippen molar-refractivity contribution < 1.29 is 75.8 Å². The van der Waals surface area contributed by atoms with Crippen molar-refractivity contribution in [3.8, 4) is 0 Å². The topological polar surface area (TPSA) is 231 Å². The lowest BCUT2D eigenvalue weighted by atomic mass is 10.1. The maximum atomic E-state index is 13.0. The fraction of sp³-hybridized carbons (Fsp3) is 0.635. The summed E-state index contributed by atoms with van der Waals surface area (Å²) in [6.07, 6.45) is 96.8. The second kappa shape index (κ2) is 76.6. The Balaban J connectivity index is 4.62. The predicted octanol–water partition coefficient (Wildman–Crippen LogP) is 23.2. The molecule has 586 valence electrons. The van der Waals surface area contributed by atoms with Crippen LogP contribution in [0.4, 0.5) is 0 Å². The molecule has 0 aliphatic carbocycles. The Morgan fingerprint density at radius 2 is 0.515 bits per heavy atom. The van der Waals surface area contributed by atoms with Crippen LogP contribution in [0.3, 0.4) is 0 Å². The van der Waals surface area contributed by atoms with Gasteiger partial charge in [0.25, 0.3) is 0 Å². The quantitative estimate of drug-likeness (QED) is 0.0146. The Labute approximate surface area is 624 Å². The van der Waals surface area contributed by atoms with Gasteiger partial charge in [-0.15, -0.1) is 0 Å². The molecule has 0 rings (SSSR count). The monoisotopic (exact) mass is 1480 g/mol. The minimum atomic E-state index is -4.95. The van der Waals surface area contributed by atoms with Crippen LogP contribution in [0.5, 0.6) is 0 Å². The smallest absolute Gasteiger partial charge is 0.463 e. The number of carbonyl (C=O) groups excluding carboxylic acids is 3. The van der Waals surface area contributed by atoms with Gasteiger partial charge in [-0.25, -0.2) is 9.13 Å². The lowest BCUT2D eigenvalue weighted by Crippen LogP contribution is -2.30. The zero-order chi connectivity index (χ0) is 75.2. The van der Waals surface area contributed by atoms with Gasteiger partial charge >= 0.3 is 33.6 Å². The molecule has 4 N–H and O–H groups in total. The highest BCUT2D eigenvalue weighted by atomic mass is 31.2. The largest absolute Gasteiger partial charge is 0.472 e. The summed E-state index contributed by atoms with van der Waals surface area (Å²) in [4.78, 5) is 58.7. The van der Waals surface area contributed by atoms with Crippen molar-refractivity contribution in [3.63, 3.8) is 0 Å². The summed E-state index contributed by atoms with van der Waals surface area (Å²) >= 11 is 0. The van der Waals surface area contributed by atoms with Crippen LogP contribution in [0.25, 0.3) is 0 Å². The summed E-state index contributed by atoms with van der Waals surface area (Å²) in [7, 11) is -9.82. The minimum Gasteiger partial charge on any atom is -0.463 e.